The fourth-order valence-electron chi connectivity index (χ4n) is 12.5. The molecule has 34 nitrogen and oxygen atoms in total. The number of hydrogen-bond acceptors (Lipinski definition) is 34. The highest BCUT2D eigenvalue weighted by Gasteiger charge is 2.40. The van der Waals surface area contributed by atoms with Gasteiger partial charge in [-0.15, -0.1) is 0 Å². The van der Waals surface area contributed by atoms with Crippen molar-refractivity contribution in [1.29, 1.82) is 0 Å². The molecular formula is C74H170N10O24Si4. The molecule has 38 heteroatoms. The molecule has 8 atom stereocenters. The van der Waals surface area contributed by atoms with Crippen LogP contribution in [0, 0.1) is 11.8 Å². The van der Waals surface area contributed by atoms with E-state index in [0.717, 1.165) is 64.7 Å². The van der Waals surface area contributed by atoms with Gasteiger partial charge in [-0.05, 0) is 50.4 Å². The fraction of sp³-hybridized carbons (Fsp3) is 1.00. The van der Waals surface area contributed by atoms with Gasteiger partial charge in [0.1, 0.15) is 0 Å². The van der Waals surface area contributed by atoms with Gasteiger partial charge in [0.15, 0.2) is 0 Å². The largest absolute Gasteiger partial charge is 0.500 e. The van der Waals surface area contributed by atoms with Gasteiger partial charge in [-0.1, -0.05) is 66.2 Å². The molecule has 0 aromatic heterocycles. The van der Waals surface area contributed by atoms with Gasteiger partial charge in [0.25, 0.3) is 0 Å². The van der Waals surface area contributed by atoms with Crippen LogP contribution in [0.25, 0.3) is 0 Å². The Morgan fingerprint density at radius 1 is 0.286 bits per heavy atom. The molecule has 8 unspecified atom stereocenters. The second kappa shape index (κ2) is 76.6. The van der Waals surface area contributed by atoms with E-state index in [-0.39, 0.29) is 39.6 Å². The lowest BCUT2D eigenvalue weighted by Crippen LogP contribution is -2.46. The first-order valence-corrected chi connectivity index (χ1v) is 49.1. The number of unbranched alkanes of at least 4 members (excludes halogenated alkanes) is 2. The minimum Gasteiger partial charge on any atom is -0.389 e. The topological polar surface area (TPSA) is 401 Å². The maximum Gasteiger partial charge on any atom is 0.500 e. The molecule has 0 fully saturated rings. The van der Waals surface area contributed by atoms with Crippen molar-refractivity contribution in [3.63, 3.8) is 0 Å². The zero-order valence-electron chi connectivity index (χ0n) is 72.9. The van der Waals surface area contributed by atoms with Crippen molar-refractivity contribution in [2.24, 2.45) is 23.3 Å². The molecule has 0 aliphatic heterocycles. The van der Waals surface area contributed by atoms with Crippen molar-refractivity contribution in [3.8, 4) is 0 Å². The maximum atomic E-state index is 11.0. The highest BCUT2D eigenvalue weighted by molar-refractivity contribution is 6.61. The first-order valence-electron chi connectivity index (χ1n) is 41.4. The summed E-state index contributed by atoms with van der Waals surface area (Å²) in [4.78, 5) is 8.66. The molecule has 14 N–H and O–H groups in total. The molecular weight excluding hydrogens is 1530 g/mol. The van der Waals surface area contributed by atoms with Crippen LogP contribution in [0.1, 0.15) is 105 Å². The number of nitrogens with two attached hydrogens (primary N) is 2. The molecule has 0 spiro atoms. The molecule has 0 aromatic rings. The summed E-state index contributed by atoms with van der Waals surface area (Å²) < 4.78 is 101. The molecule has 0 amide bonds. The predicted molar refractivity (Wildman–Crippen MR) is 448 cm³/mol. The van der Waals surface area contributed by atoms with Crippen molar-refractivity contribution in [2.45, 2.75) is 166 Å². The molecule has 0 aliphatic rings. The van der Waals surface area contributed by atoms with Gasteiger partial charge in [-0.3, -0.25) is 19.6 Å². The average Bonchev–Trinajstić information content (AvgIpc) is 0.902. The van der Waals surface area contributed by atoms with Crippen LogP contribution in [0.3, 0.4) is 0 Å². The third-order valence-corrected chi connectivity index (χ3v) is 30.9. The Balaban J connectivity index is 0. The third kappa shape index (κ3) is 59.3. The zero-order valence-corrected chi connectivity index (χ0v) is 76.9. The van der Waals surface area contributed by atoms with Crippen LogP contribution in [0.2, 0.25) is 24.2 Å². The van der Waals surface area contributed by atoms with E-state index >= 15 is 0 Å². The van der Waals surface area contributed by atoms with E-state index in [4.69, 9.17) is 93.0 Å². The lowest BCUT2D eigenvalue weighted by Gasteiger charge is -2.30. The summed E-state index contributed by atoms with van der Waals surface area (Å²) in [6.07, 6.45) is 7.79. The first-order chi connectivity index (χ1) is 54.1. The van der Waals surface area contributed by atoms with E-state index in [9.17, 15) is 30.6 Å². The van der Waals surface area contributed by atoms with Crippen LogP contribution in [0.4, 0.5) is 0 Å². The van der Waals surface area contributed by atoms with E-state index in [2.05, 4.69) is 68.6 Å². The molecule has 0 radical (unpaired) electrons. The molecule has 676 valence electrons. The summed E-state index contributed by atoms with van der Waals surface area (Å²) >= 11 is 0. The predicted octanol–water partition coefficient (Wildman–Crippen LogP) is 1.23. The van der Waals surface area contributed by atoms with Crippen molar-refractivity contribution in [1.82, 2.24) is 40.9 Å². The lowest BCUT2D eigenvalue weighted by molar-refractivity contribution is -0.0160. The molecule has 0 aliphatic carbocycles. The minimum absolute atomic E-state index is 0.169. The number of aliphatic hydroxyl groups excluding tert-OH is 6. The molecule has 0 heterocycles. The Kier molecular flexibility index (Phi) is 77.7. The number of nitrogens with one attached hydrogen (secondary N) is 4. The number of nitrogens with zero attached hydrogens (tertiary/aromatic N) is 4. The zero-order chi connectivity index (χ0) is 83.8. The Bertz CT molecular complexity index is 1950. The van der Waals surface area contributed by atoms with Crippen molar-refractivity contribution in [3.05, 3.63) is 0 Å². The average molecular weight is 1700 g/mol. The van der Waals surface area contributed by atoms with Gasteiger partial charge >= 0.3 is 35.2 Å². The number of hydrogen-bond donors (Lipinski definition) is 12. The standard InChI is InChI=1S/2C37H85N5O12Si2/c1-9-11-14-34(10-2)30-54-33-37(45)29-42(28-36(44)32-53-24-13-26-56(49-6,50-7)51-8)22-19-40-18-21-41(20-17-39-16-15-38)27-35(43)31-52-23-12-25-55(46-3,47-4)48-5;1-9-11-14-34(10-2)30-54-33-37(45)29-42(20-18-40-27-35(43)31-52-23-12-25-55(46-3,47-4)48-5)22-21-41(19-17-39-16-15-38)28-36(44)32-53-24-13-26-56(49-6,50-7)51-8/h2*34-37,39-40,43-45H,9-33,38H2,1-8H3. The monoisotopic (exact) mass is 1700 g/mol. The van der Waals surface area contributed by atoms with E-state index in [1.54, 1.807) is 85.3 Å². The van der Waals surface area contributed by atoms with Gasteiger partial charge in [0.2, 0.25) is 0 Å². The molecule has 0 rings (SSSR count). The first kappa shape index (κ1) is 114. The van der Waals surface area contributed by atoms with Crippen molar-refractivity contribution in [2.75, 3.05) is 309 Å². The van der Waals surface area contributed by atoms with Crippen molar-refractivity contribution >= 4 is 35.2 Å². The molecule has 0 saturated carbocycles. The summed E-state index contributed by atoms with van der Waals surface area (Å²) in [6.45, 7) is 26.4. The Morgan fingerprint density at radius 3 is 0.795 bits per heavy atom. The summed E-state index contributed by atoms with van der Waals surface area (Å²) in [5, 5.41) is 78.6. The summed E-state index contributed by atoms with van der Waals surface area (Å²) in [6, 6.07) is 2.50. The van der Waals surface area contributed by atoms with Crippen LogP contribution in [-0.4, -0.2) is 431 Å². The van der Waals surface area contributed by atoms with Gasteiger partial charge in [-0.25, -0.2) is 0 Å². The minimum atomic E-state index is -2.67. The number of ether oxygens (including phenoxy) is 6. The second-order valence-electron chi connectivity index (χ2n) is 28.4. The van der Waals surface area contributed by atoms with E-state index < -0.39 is 71.8 Å². The second-order valence-corrected chi connectivity index (χ2v) is 40.8. The SMILES string of the molecule is CCCCC(CC)COCC(O)CN(CCNCC(O)COCCC[Si](OC)(OC)OC)CCN(CCNCCN)CC(O)COCCC[Si](OC)(OC)OC.CCCCC(CC)COCC(O)CN(CCNCCN(CCNCCN)CC(O)COCCC[Si](OC)(OC)OC)CC(O)COCCC[Si](OC)(OC)OC. The highest BCUT2D eigenvalue weighted by Crippen LogP contribution is 2.20. The summed E-state index contributed by atoms with van der Waals surface area (Å²) in [5.41, 5.74) is 11.3. The van der Waals surface area contributed by atoms with E-state index in [1.165, 1.54) is 12.8 Å². The van der Waals surface area contributed by atoms with Gasteiger partial charge in [-0.2, -0.15) is 0 Å². The molecule has 0 aromatic carbocycles. The summed E-state index contributed by atoms with van der Waals surface area (Å²) in [7, 11) is 8.49. The number of aliphatic hydroxyl groups is 6. The van der Waals surface area contributed by atoms with Crippen molar-refractivity contribution < 1.29 is 112 Å². The highest BCUT2D eigenvalue weighted by atomic mass is 28.4. The van der Waals surface area contributed by atoms with Gasteiger partial charge < -0.3 is 145 Å². The fourth-order valence-corrected chi connectivity index (χ4v) is 19.2. The third-order valence-electron chi connectivity index (χ3n) is 19.6. The van der Waals surface area contributed by atoms with E-state index in [1.807, 2.05) is 0 Å². The van der Waals surface area contributed by atoms with E-state index in [0.29, 0.717) is 219 Å². The molecule has 112 heavy (non-hydrogen) atoms. The van der Waals surface area contributed by atoms with Crippen LogP contribution in [-0.2, 0) is 81.5 Å². The molecule has 0 saturated heterocycles. The maximum absolute atomic E-state index is 11.0. The lowest BCUT2D eigenvalue weighted by atomic mass is 10.0. The normalized spacial score (nSPS) is 14.9. The van der Waals surface area contributed by atoms with Crippen LogP contribution in [0.15, 0.2) is 0 Å². The molecule has 0 bridgehead atoms. The Morgan fingerprint density at radius 2 is 0.527 bits per heavy atom. The Labute approximate surface area is 682 Å². The van der Waals surface area contributed by atoms with Gasteiger partial charge in [0, 0.05) is 293 Å². The quantitative estimate of drug-likeness (QED) is 0.0301. The van der Waals surface area contributed by atoms with Gasteiger partial charge in [0.05, 0.1) is 76.3 Å². The number of rotatable bonds is 86. The summed E-state index contributed by atoms with van der Waals surface area (Å²) in [5.74, 6) is 0.999. The van der Waals surface area contributed by atoms with Crippen LogP contribution < -0.4 is 32.7 Å². The smallest absolute Gasteiger partial charge is 0.389 e. The van der Waals surface area contributed by atoms with Crippen LogP contribution >= 0.6 is 0 Å². The Hall–Kier alpha value is -0.492. The van der Waals surface area contributed by atoms with Crippen LogP contribution in [0.5, 0.6) is 0 Å².